The molecule has 0 atom stereocenters. The first-order valence-electron chi connectivity index (χ1n) is 10.7. The molecule has 0 aliphatic rings. The number of anilines is 1. The van der Waals surface area contributed by atoms with Crippen molar-refractivity contribution in [2.45, 2.75) is 13.3 Å². The van der Waals surface area contributed by atoms with E-state index in [4.69, 9.17) is 16.3 Å². The minimum Gasteiger partial charge on any atom is -0.497 e. The molecule has 0 fully saturated rings. The van der Waals surface area contributed by atoms with Gasteiger partial charge in [-0.05, 0) is 67.1 Å². The van der Waals surface area contributed by atoms with E-state index in [1.165, 1.54) is 0 Å². The molecule has 2 aromatic heterocycles. The summed E-state index contributed by atoms with van der Waals surface area (Å²) < 4.78 is 7.02. The van der Waals surface area contributed by atoms with Crippen molar-refractivity contribution in [3.8, 4) is 5.75 Å². The van der Waals surface area contributed by atoms with Crippen molar-refractivity contribution in [1.29, 1.82) is 0 Å². The molecule has 34 heavy (non-hydrogen) atoms. The number of aromatic nitrogens is 3. The summed E-state index contributed by atoms with van der Waals surface area (Å²) in [6.07, 6.45) is 0.0629. The third-order valence-electron chi connectivity index (χ3n) is 5.82. The van der Waals surface area contributed by atoms with Crippen LogP contribution in [0.1, 0.15) is 21.6 Å². The molecule has 0 aliphatic heterocycles. The predicted octanol–water partition coefficient (Wildman–Crippen LogP) is 5.36. The van der Waals surface area contributed by atoms with Gasteiger partial charge in [-0.25, -0.2) is 4.98 Å². The van der Waals surface area contributed by atoms with Gasteiger partial charge in [0.25, 0.3) is 5.91 Å². The van der Waals surface area contributed by atoms with E-state index in [1.807, 2.05) is 43.3 Å². The number of H-pyrrole nitrogens is 1. The Balaban J connectivity index is 1.53. The number of rotatable bonds is 5. The fourth-order valence-electron chi connectivity index (χ4n) is 4.14. The van der Waals surface area contributed by atoms with E-state index in [1.54, 1.807) is 42.0 Å². The van der Waals surface area contributed by atoms with Crippen molar-refractivity contribution in [3.05, 3.63) is 88.6 Å². The standard InChI is InChI=1S/C26H21ClN4O3/c1-15-19(14-24(32)30-26-28-21-5-3-4-6-22(21)29-26)20-13-18(34-2)11-12-23(20)31(15)25(33)16-7-9-17(27)10-8-16/h3-13H,14H2,1-2H3,(H2,28,29,30,32). The lowest BCUT2D eigenvalue weighted by atomic mass is 10.1. The molecule has 0 unspecified atom stereocenters. The SMILES string of the molecule is COc1ccc2c(c1)c(CC(=O)Nc1nc3ccccc3[nH]1)c(C)n2C(=O)c1ccc(Cl)cc1. The first kappa shape index (κ1) is 21.7. The Kier molecular flexibility index (Phi) is 5.55. The molecule has 0 saturated carbocycles. The van der Waals surface area contributed by atoms with Gasteiger partial charge in [0, 0.05) is 21.7 Å². The van der Waals surface area contributed by atoms with Gasteiger partial charge < -0.3 is 9.72 Å². The second kappa shape index (κ2) is 8.68. The van der Waals surface area contributed by atoms with Crippen LogP contribution in [0.5, 0.6) is 5.75 Å². The maximum absolute atomic E-state index is 13.4. The van der Waals surface area contributed by atoms with Crippen LogP contribution in [0.15, 0.2) is 66.7 Å². The number of nitrogens with one attached hydrogen (secondary N) is 2. The summed E-state index contributed by atoms with van der Waals surface area (Å²) in [7, 11) is 1.58. The number of para-hydroxylation sites is 2. The van der Waals surface area contributed by atoms with Gasteiger partial charge in [0.2, 0.25) is 11.9 Å². The highest BCUT2D eigenvalue weighted by molar-refractivity contribution is 6.30. The number of carbonyl (C=O) groups is 2. The first-order chi connectivity index (χ1) is 16.4. The van der Waals surface area contributed by atoms with Crippen LogP contribution in [0, 0.1) is 6.92 Å². The lowest BCUT2D eigenvalue weighted by Crippen LogP contribution is -2.17. The Morgan fingerprint density at radius 3 is 2.59 bits per heavy atom. The number of hydrogen-bond donors (Lipinski definition) is 2. The number of aromatic amines is 1. The molecule has 0 saturated heterocycles. The lowest BCUT2D eigenvalue weighted by molar-refractivity contribution is -0.115. The van der Waals surface area contributed by atoms with Crippen LogP contribution in [-0.2, 0) is 11.2 Å². The minimum absolute atomic E-state index is 0.0629. The average molecular weight is 473 g/mol. The van der Waals surface area contributed by atoms with E-state index < -0.39 is 0 Å². The van der Waals surface area contributed by atoms with Crippen LogP contribution in [0.3, 0.4) is 0 Å². The molecule has 0 spiro atoms. The summed E-state index contributed by atoms with van der Waals surface area (Å²) in [6, 6.07) is 19.8. The molecular weight excluding hydrogens is 452 g/mol. The van der Waals surface area contributed by atoms with Gasteiger partial charge >= 0.3 is 0 Å². The zero-order valence-electron chi connectivity index (χ0n) is 18.6. The van der Waals surface area contributed by atoms with Gasteiger partial charge in [-0.2, -0.15) is 0 Å². The Labute approximate surface area is 200 Å². The zero-order chi connectivity index (χ0) is 23.8. The number of methoxy groups -OCH3 is 1. The average Bonchev–Trinajstić information content (AvgIpc) is 3.36. The normalized spacial score (nSPS) is 11.1. The predicted molar refractivity (Wildman–Crippen MR) is 133 cm³/mol. The van der Waals surface area contributed by atoms with Crippen molar-refractivity contribution in [1.82, 2.24) is 14.5 Å². The maximum atomic E-state index is 13.4. The van der Waals surface area contributed by atoms with Gasteiger partial charge in [0.05, 0.1) is 30.1 Å². The molecule has 0 radical (unpaired) electrons. The third-order valence-corrected chi connectivity index (χ3v) is 6.07. The van der Waals surface area contributed by atoms with E-state index in [0.29, 0.717) is 33.5 Å². The quantitative estimate of drug-likeness (QED) is 0.360. The Morgan fingerprint density at radius 1 is 1.09 bits per heavy atom. The molecule has 0 aliphatic carbocycles. The fraction of sp³-hybridized carbons (Fsp3) is 0.115. The highest BCUT2D eigenvalue weighted by Gasteiger charge is 2.22. The Morgan fingerprint density at radius 2 is 1.85 bits per heavy atom. The third kappa shape index (κ3) is 3.91. The van der Waals surface area contributed by atoms with Gasteiger partial charge in [0.1, 0.15) is 5.75 Å². The molecule has 5 aromatic rings. The number of hydrogen-bond acceptors (Lipinski definition) is 4. The van der Waals surface area contributed by atoms with E-state index in [2.05, 4.69) is 15.3 Å². The number of imidazole rings is 1. The summed E-state index contributed by atoms with van der Waals surface area (Å²) >= 11 is 5.99. The van der Waals surface area contributed by atoms with E-state index >= 15 is 0 Å². The summed E-state index contributed by atoms with van der Waals surface area (Å²) in [5, 5.41) is 4.16. The van der Waals surface area contributed by atoms with Crippen molar-refractivity contribution < 1.29 is 14.3 Å². The molecule has 170 valence electrons. The summed E-state index contributed by atoms with van der Waals surface area (Å²) in [5.74, 6) is 0.571. The lowest BCUT2D eigenvalue weighted by Gasteiger charge is -2.08. The van der Waals surface area contributed by atoms with Crippen LogP contribution < -0.4 is 10.1 Å². The summed E-state index contributed by atoms with van der Waals surface area (Å²) in [5.41, 5.74) is 4.23. The zero-order valence-corrected chi connectivity index (χ0v) is 19.3. The molecule has 0 bridgehead atoms. The second-order valence-electron chi connectivity index (χ2n) is 7.92. The monoisotopic (exact) mass is 472 g/mol. The van der Waals surface area contributed by atoms with Gasteiger partial charge in [-0.1, -0.05) is 23.7 Å². The van der Waals surface area contributed by atoms with Crippen molar-refractivity contribution >= 4 is 51.3 Å². The number of ether oxygens (including phenoxy) is 1. The molecule has 5 rings (SSSR count). The van der Waals surface area contributed by atoms with Crippen LogP contribution in [0.25, 0.3) is 21.9 Å². The molecule has 7 nitrogen and oxygen atoms in total. The highest BCUT2D eigenvalue weighted by Crippen LogP contribution is 2.31. The van der Waals surface area contributed by atoms with E-state index in [9.17, 15) is 9.59 Å². The number of halogens is 1. The van der Waals surface area contributed by atoms with Crippen molar-refractivity contribution in [2.75, 3.05) is 12.4 Å². The largest absolute Gasteiger partial charge is 0.497 e. The molecule has 1 amide bonds. The van der Waals surface area contributed by atoms with Crippen LogP contribution in [0.4, 0.5) is 5.95 Å². The van der Waals surface area contributed by atoms with Crippen molar-refractivity contribution in [2.24, 2.45) is 0 Å². The highest BCUT2D eigenvalue weighted by atomic mass is 35.5. The fourth-order valence-corrected chi connectivity index (χ4v) is 4.27. The topological polar surface area (TPSA) is 89.0 Å². The van der Waals surface area contributed by atoms with Crippen LogP contribution in [-0.4, -0.2) is 33.5 Å². The molecule has 8 heteroatoms. The van der Waals surface area contributed by atoms with Gasteiger partial charge in [-0.15, -0.1) is 0 Å². The summed E-state index contributed by atoms with van der Waals surface area (Å²) in [6.45, 7) is 1.84. The Bertz CT molecular complexity index is 1520. The van der Waals surface area contributed by atoms with Crippen LogP contribution >= 0.6 is 11.6 Å². The molecular formula is C26H21ClN4O3. The molecule has 3 aromatic carbocycles. The number of fused-ring (bicyclic) bond motifs is 2. The second-order valence-corrected chi connectivity index (χ2v) is 8.36. The van der Waals surface area contributed by atoms with Crippen LogP contribution in [0.2, 0.25) is 5.02 Å². The Hall–Kier alpha value is -4.10. The van der Waals surface area contributed by atoms with Gasteiger partial charge in [0.15, 0.2) is 0 Å². The number of nitrogens with zero attached hydrogens (tertiary/aromatic N) is 2. The number of carbonyl (C=O) groups excluding carboxylic acids is 2. The molecule has 2 N–H and O–H groups in total. The van der Waals surface area contributed by atoms with E-state index in [0.717, 1.165) is 22.0 Å². The first-order valence-corrected chi connectivity index (χ1v) is 11.0. The van der Waals surface area contributed by atoms with Gasteiger partial charge in [-0.3, -0.25) is 19.5 Å². The molecule has 2 heterocycles. The smallest absolute Gasteiger partial charge is 0.262 e. The maximum Gasteiger partial charge on any atom is 0.262 e. The van der Waals surface area contributed by atoms with E-state index in [-0.39, 0.29) is 18.2 Å². The number of benzene rings is 3. The van der Waals surface area contributed by atoms with Crippen molar-refractivity contribution in [3.63, 3.8) is 0 Å². The minimum atomic E-state index is -0.247. The summed E-state index contributed by atoms with van der Waals surface area (Å²) in [4.78, 5) is 33.9. The number of amides is 1.